The summed E-state index contributed by atoms with van der Waals surface area (Å²) in [6.45, 7) is 3.87. The third-order valence-electron chi connectivity index (χ3n) is 6.69. The molecule has 0 aliphatic carbocycles. The Hall–Kier alpha value is -4.80. The van der Waals surface area contributed by atoms with E-state index in [0.29, 0.717) is 50.0 Å². The lowest BCUT2D eigenvalue weighted by Crippen LogP contribution is -2.40. The van der Waals surface area contributed by atoms with Crippen molar-refractivity contribution in [1.29, 1.82) is 0 Å². The minimum absolute atomic E-state index is 0.258. The number of thiophene rings is 1. The van der Waals surface area contributed by atoms with Crippen LogP contribution in [0, 0.1) is 0 Å². The Bertz CT molecular complexity index is 1980. The lowest BCUT2D eigenvalue weighted by Gasteiger charge is -2.24. The highest BCUT2D eigenvalue weighted by Crippen LogP contribution is 2.33. The summed E-state index contributed by atoms with van der Waals surface area (Å²) in [7, 11) is 0. The minimum atomic E-state index is -0.614. The SMILES string of the molecule is CCOC(=O)c1ccc(-c2ccc(/C=c3\sc4n(c3=O)C(c3cccs3)C(C(=O)Nc3ccccc3)=C(C)N=4)o2)cc1. The number of furan rings is 1. The van der Waals surface area contributed by atoms with Crippen molar-refractivity contribution in [3.05, 3.63) is 131 Å². The summed E-state index contributed by atoms with van der Waals surface area (Å²) in [5.74, 6) is 0.405. The highest BCUT2D eigenvalue weighted by Gasteiger charge is 2.33. The summed E-state index contributed by atoms with van der Waals surface area (Å²) >= 11 is 2.73. The normalized spacial score (nSPS) is 14.8. The van der Waals surface area contributed by atoms with E-state index < -0.39 is 6.04 Å². The van der Waals surface area contributed by atoms with Crippen LogP contribution in [0.1, 0.15) is 40.9 Å². The number of ether oxygens (including phenoxy) is 1. The molecule has 8 nitrogen and oxygen atoms in total. The van der Waals surface area contributed by atoms with Crippen LogP contribution in [-0.4, -0.2) is 23.1 Å². The van der Waals surface area contributed by atoms with Crippen LogP contribution in [0.5, 0.6) is 0 Å². The van der Waals surface area contributed by atoms with E-state index in [1.165, 1.54) is 22.7 Å². The van der Waals surface area contributed by atoms with Crippen LogP contribution >= 0.6 is 22.7 Å². The molecule has 6 rings (SSSR count). The fourth-order valence-electron chi connectivity index (χ4n) is 4.75. The topological polar surface area (TPSA) is 103 Å². The molecule has 210 valence electrons. The Morgan fingerprint density at radius 2 is 1.83 bits per heavy atom. The molecule has 1 N–H and O–H groups in total. The smallest absolute Gasteiger partial charge is 0.338 e. The van der Waals surface area contributed by atoms with Crippen molar-refractivity contribution in [1.82, 2.24) is 4.57 Å². The fraction of sp³-hybridized carbons (Fsp3) is 0.125. The van der Waals surface area contributed by atoms with Gasteiger partial charge in [0.1, 0.15) is 17.6 Å². The molecule has 1 unspecified atom stereocenters. The van der Waals surface area contributed by atoms with Gasteiger partial charge in [0.2, 0.25) is 0 Å². The first-order valence-corrected chi connectivity index (χ1v) is 14.9. The lowest BCUT2D eigenvalue weighted by molar-refractivity contribution is -0.113. The number of hydrogen-bond donors (Lipinski definition) is 1. The van der Waals surface area contributed by atoms with Crippen molar-refractivity contribution >= 4 is 46.3 Å². The molecular formula is C32H25N3O5S2. The Balaban J connectivity index is 1.35. The van der Waals surface area contributed by atoms with Crippen LogP contribution in [0.2, 0.25) is 0 Å². The van der Waals surface area contributed by atoms with Gasteiger partial charge in [-0.3, -0.25) is 14.2 Å². The maximum atomic E-state index is 13.8. The Labute approximate surface area is 248 Å². The van der Waals surface area contributed by atoms with Crippen LogP contribution in [-0.2, 0) is 9.53 Å². The molecule has 0 bridgehead atoms. The first kappa shape index (κ1) is 27.4. The predicted octanol–water partition coefficient (Wildman–Crippen LogP) is 5.37. The van der Waals surface area contributed by atoms with E-state index in [9.17, 15) is 14.4 Å². The summed E-state index contributed by atoms with van der Waals surface area (Å²) in [6, 6.07) is 23.0. The molecule has 0 saturated heterocycles. The first-order valence-electron chi connectivity index (χ1n) is 13.2. The molecule has 1 atom stereocenters. The second kappa shape index (κ2) is 11.6. The monoisotopic (exact) mass is 595 g/mol. The number of aromatic nitrogens is 1. The molecule has 3 aromatic heterocycles. The summed E-state index contributed by atoms with van der Waals surface area (Å²) < 4.78 is 13.1. The van der Waals surface area contributed by atoms with Gasteiger partial charge in [0.05, 0.1) is 28.0 Å². The maximum absolute atomic E-state index is 13.8. The first-order chi connectivity index (χ1) is 20.4. The van der Waals surface area contributed by atoms with Crippen LogP contribution in [0.15, 0.2) is 110 Å². The van der Waals surface area contributed by atoms with E-state index in [1.54, 1.807) is 54.8 Å². The van der Waals surface area contributed by atoms with E-state index in [0.717, 1.165) is 10.4 Å². The maximum Gasteiger partial charge on any atom is 0.338 e. The van der Waals surface area contributed by atoms with Gasteiger partial charge in [-0.15, -0.1) is 11.3 Å². The van der Waals surface area contributed by atoms with Crippen molar-refractivity contribution in [2.45, 2.75) is 19.9 Å². The summed E-state index contributed by atoms with van der Waals surface area (Å²) in [5.41, 5.74) is 2.63. The summed E-state index contributed by atoms with van der Waals surface area (Å²) in [4.78, 5) is 45.4. The molecule has 0 saturated carbocycles. The zero-order chi connectivity index (χ0) is 29.2. The highest BCUT2D eigenvalue weighted by molar-refractivity contribution is 7.10. The van der Waals surface area contributed by atoms with Gasteiger partial charge in [0.25, 0.3) is 11.5 Å². The highest BCUT2D eigenvalue weighted by atomic mass is 32.1. The number of benzene rings is 2. The van der Waals surface area contributed by atoms with Crippen molar-refractivity contribution in [3.63, 3.8) is 0 Å². The zero-order valence-electron chi connectivity index (χ0n) is 22.7. The number of esters is 1. The number of para-hydroxylation sites is 1. The van der Waals surface area contributed by atoms with Gasteiger partial charge in [-0.05, 0) is 61.7 Å². The molecule has 0 fully saturated rings. The number of allylic oxidation sites excluding steroid dienone is 1. The summed E-state index contributed by atoms with van der Waals surface area (Å²) in [6.07, 6.45) is 1.69. The largest absolute Gasteiger partial charge is 0.462 e. The van der Waals surface area contributed by atoms with Crippen LogP contribution in [0.4, 0.5) is 5.69 Å². The number of amides is 1. The molecule has 0 radical (unpaired) electrons. The number of fused-ring (bicyclic) bond motifs is 1. The molecule has 0 spiro atoms. The zero-order valence-corrected chi connectivity index (χ0v) is 24.3. The Kier molecular flexibility index (Phi) is 7.56. The van der Waals surface area contributed by atoms with Crippen LogP contribution in [0.25, 0.3) is 17.4 Å². The van der Waals surface area contributed by atoms with Crippen LogP contribution in [0.3, 0.4) is 0 Å². The number of carbonyl (C=O) groups excluding carboxylic acids is 2. The van der Waals surface area contributed by atoms with E-state index in [2.05, 4.69) is 10.3 Å². The van der Waals surface area contributed by atoms with E-state index in [1.807, 2.05) is 53.9 Å². The summed E-state index contributed by atoms with van der Waals surface area (Å²) in [5, 5.41) is 4.88. The quantitative estimate of drug-likeness (QED) is 0.255. The molecule has 5 aromatic rings. The average molecular weight is 596 g/mol. The molecule has 4 heterocycles. The fourth-order valence-corrected chi connectivity index (χ4v) is 6.60. The molecule has 1 aliphatic heterocycles. The molecule has 1 aliphatic rings. The minimum Gasteiger partial charge on any atom is -0.462 e. The number of nitrogens with zero attached hydrogens (tertiary/aromatic N) is 2. The number of anilines is 1. The molecule has 42 heavy (non-hydrogen) atoms. The van der Waals surface area contributed by atoms with Crippen molar-refractivity contribution in [3.8, 4) is 11.3 Å². The van der Waals surface area contributed by atoms with E-state index >= 15 is 0 Å². The number of hydrogen-bond acceptors (Lipinski definition) is 8. The van der Waals surface area contributed by atoms with Gasteiger partial charge in [0, 0.05) is 22.2 Å². The number of nitrogens with one attached hydrogen (secondary N) is 1. The second-order valence-corrected chi connectivity index (χ2v) is 11.4. The second-order valence-electron chi connectivity index (χ2n) is 9.42. The van der Waals surface area contributed by atoms with E-state index in [-0.39, 0.29) is 17.4 Å². The standard InChI is InChI=1S/C32H25N3O5S2/c1-3-39-31(38)21-13-11-20(12-14-21)24-16-15-23(40-24)18-26-30(37)35-28(25-10-7-17-41-25)27(19(2)33-32(35)42-26)29(36)34-22-8-5-4-6-9-22/h4-18,28H,3H2,1-2H3,(H,34,36)/b26-18-. The number of rotatable bonds is 7. The number of thiazole rings is 1. The molecule has 10 heteroatoms. The van der Waals surface area contributed by atoms with E-state index in [4.69, 9.17) is 9.15 Å². The predicted molar refractivity (Wildman–Crippen MR) is 163 cm³/mol. The third-order valence-corrected chi connectivity index (χ3v) is 8.60. The van der Waals surface area contributed by atoms with Gasteiger partial charge in [-0.25, -0.2) is 9.79 Å². The Morgan fingerprint density at radius 1 is 1.05 bits per heavy atom. The number of carbonyl (C=O) groups is 2. The van der Waals surface area contributed by atoms with Gasteiger partial charge < -0.3 is 14.5 Å². The van der Waals surface area contributed by atoms with Gasteiger partial charge in [-0.2, -0.15) is 0 Å². The van der Waals surface area contributed by atoms with Crippen LogP contribution < -0.4 is 20.2 Å². The van der Waals surface area contributed by atoms with Gasteiger partial charge in [0.15, 0.2) is 4.80 Å². The van der Waals surface area contributed by atoms with Crippen molar-refractivity contribution < 1.29 is 18.7 Å². The molecule has 2 aromatic carbocycles. The van der Waals surface area contributed by atoms with Crippen molar-refractivity contribution in [2.75, 3.05) is 11.9 Å². The molecular weight excluding hydrogens is 571 g/mol. The van der Waals surface area contributed by atoms with Gasteiger partial charge in [-0.1, -0.05) is 47.7 Å². The average Bonchev–Trinajstić information content (AvgIpc) is 3.75. The Morgan fingerprint density at radius 3 is 2.55 bits per heavy atom. The van der Waals surface area contributed by atoms with Crippen molar-refractivity contribution in [2.24, 2.45) is 4.99 Å². The van der Waals surface area contributed by atoms with Gasteiger partial charge >= 0.3 is 5.97 Å². The lowest BCUT2D eigenvalue weighted by atomic mass is 10.0. The third kappa shape index (κ3) is 5.29. The molecule has 1 amide bonds.